The molecule has 6 rings (SSSR count). The van der Waals surface area contributed by atoms with Crippen LogP contribution in [0.1, 0.15) is 249 Å². The highest BCUT2D eigenvalue weighted by Gasteiger charge is 2.46. The number of alkyl carbamates (subject to hydrolysis) is 2. The zero-order chi connectivity index (χ0) is 83.5. The predicted octanol–water partition coefficient (Wildman–Crippen LogP) is 16.0. The number of rotatable bonds is 28. The summed E-state index contributed by atoms with van der Waals surface area (Å²) in [6, 6.07) is 23.7. The van der Waals surface area contributed by atoms with Crippen molar-refractivity contribution in [2.75, 3.05) is 46.4 Å². The van der Waals surface area contributed by atoms with Gasteiger partial charge < -0.3 is 76.8 Å². The first-order valence-electron chi connectivity index (χ1n) is 38.3. The summed E-state index contributed by atoms with van der Waals surface area (Å²) in [7, 11) is 1.00. The average Bonchev–Trinajstić information content (AvgIpc) is 1.69. The number of nitrogens with one attached hydrogen (secondary N) is 4. The highest BCUT2D eigenvalue weighted by molar-refractivity contribution is 6.61. The second-order valence-electron chi connectivity index (χ2n) is 30.7. The summed E-state index contributed by atoms with van der Waals surface area (Å²) in [5, 5.41) is 19.2. The van der Waals surface area contributed by atoms with Crippen LogP contribution in [-0.2, 0) is 45.2 Å². The minimum Gasteiger partial charge on any atom is -0.483 e. The summed E-state index contributed by atoms with van der Waals surface area (Å²) in [5.74, 6) is -0.305. The number of aliphatic hydroxyl groups excluding tert-OH is 1. The van der Waals surface area contributed by atoms with E-state index < -0.39 is 45.6 Å². The molecule has 1 fully saturated rings. The van der Waals surface area contributed by atoms with E-state index in [4.69, 9.17) is 48.1 Å². The first kappa shape index (κ1) is 108. The Morgan fingerprint density at radius 2 is 1.12 bits per heavy atom. The number of aryl methyl sites for hydroxylation is 1. The van der Waals surface area contributed by atoms with Crippen LogP contribution in [0.15, 0.2) is 89.9 Å². The third kappa shape index (κ3) is 53.6. The summed E-state index contributed by atoms with van der Waals surface area (Å²) in [6.07, 6.45) is 8.25. The normalized spacial score (nSPS) is 14.6. The van der Waals surface area contributed by atoms with Gasteiger partial charge in [0.2, 0.25) is 5.43 Å². The molecule has 3 amide bonds. The molecule has 7 atom stereocenters. The number of benzene rings is 3. The minimum atomic E-state index is -0.770. The van der Waals surface area contributed by atoms with E-state index in [2.05, 4.69) is 114 Å². The van der Waals surface area contributed by atoms with Gasteiger partial charge in [0.1, 0.15) is 48.5 Å². The van der Waals surface area contributed by atoms with Gasteiger partial charge in [0.05, 0.1) is 12.1 Å². The number of fused-ring (bicyclic) bond motifs is 2. The fourth-order valence-corrected chi connectivity index (χ4v) is 9.91. The number of nitrogens with zero attached hydrogens (tertiary/aromatic N) is 3. The monoisotopic (exact) mass is 1560 g/mol. The van der Waals surface area contributed by atoms with E-state index in [1.807, 2.05) is 137 Å². The number of ether oxygens (including phenoxy) is 4. The van der Waals surface area contributed by atoms with E-state index in [1.165, 1.54) is 31.5 Å². The molecule has 3 heterocycles. The smallest absolute Gasteiger partial charge is 0.407 e. The van der Waals surface area contributed by atoms with Gasteiger partial charge in [-0.3, -0.25) is 19.3 Å². The number of carbonyl (C=O) groups excluding carboxylic acids is 6. The lowest BCUT2D eigenvalue weighted by Crippen LogP contribution is -2.51. The number of amides is 3. The molecule has 1 aromatic heterocycles. The number of Topliss-reactive ketones (excluding diaryl/α,β-unsaturated/α-hetero) is 1. The van der Waals surface area contributed by atoms with E-state index in [0.717, 1.165) is 93.9 Å². The van der Waals surface area contributed by atoms with Crippen molar-refractivity contribution in [3.63, 3.8) is 0 Å². The lowest BCUT2D eigenvalue weighted by molar-refractivity contribution is -0.110. The van der Waals surface area contributed by atoms with Gasteiger partial charge in [-0.2, -0.15) is 0 Å². The molecule has 0 saturated carbocycles. The molecule has 4 aromatic rings. The Labute approximate surface area is 660 Å². The van der Waals surface area contributed by atoms with E-state index in [9.17, 15) is 42.3 Å². The molecule has 22 nitrogen and oxygen atoms in total. The van der Waals surface area contributed by atoms with Gasteiger partial charge in [0.25, 0.3) is 5.91 Å². The molecule has 3 aromatic carbocycles. The van der Waals surface area contributed by atoms with Crippen LogP contribution in [0.4, 0.5) is 23.2 Å². The largest absolute Gasteiger partial charge is 0.483 e. The molecule has 1 saturated heterocycles. The lowest BCUT2D eigenvalue weighted by Gasteiger charge is -2.37. The maximum absolute atomic E-state index is 14.2. The van der Waals surface area contributed by atoms with Crippen molar-refractivity contribution in [3.8, 4) is 5.75 Å². The molecule has 11 N–H and O–H groups in total. The average molecular weight is 1560 g/mol. The number of carbonyl (C=O) groups is 6. The van der Waals surface area contributed by atoms with Gasteiger partial charge in [-0.15, -0.1) is 0 Å². The highest BCUT2D eigenvalue weighted by Crippen LogP contribution is 2.33. The van der Waals surface area contributed by atoms with Crippen molar-refractivity contribution in [2.24, 2.45) is 40.9 Å². The van der Waals surface area contributed by atoms with Crippen LogP contribution >= 0.6 is 11.6 Å². The second-order valence-corrected chi connectivity index (χ2v) is 31.0. The number of hydrogen-bond donors (Lipinski definition) is 8. The SMILES string of the molecule is C.CC(C)C=O.CC(C)CN1C2Cn3cc(C(=O)CCc4ccc(F)cc4F)c(=O)c(OCc4ccccc4)c3C(=O)N2C[C@@H]1C.CC(C)CN[C@@H](C)CN.CCC[C@H](C)N.CCC[C@H](C)NC(=O)OC(C)(C)C.CCC[C@H](C)NCC(C)C.CO.C[C@@H](CN)NC(=O)OC(C)(C)C.O=C(Cl)OCc1ccccc1. The van der Waals surface area contributed by atoms with Crippen LogP contribution in [0.5, 0.6) is 5.75 Å². The molecular formula is C84H147ClF2N10O12. The Morgan fingerprint density at radius 3 is 1.52 bits per heavy atom. The highest BCUT2D eigenvalue weighted by atomic mass is 35.5. The van der Waals surface area contributed by atoms with E-state index in [-0.39, 0.29) is 98.3 Å². The Bertz CT molecular complexity index is 3130. The fourth-order valence-electron chi connectivity index (χ4n) is 9.86. The molecule has 2 aliphatic rings. The molecule has 626 valence electrons. The minimum absolute atomic E-state index is 0. The van der Waals surface area contributed by atoms with Crippen molar-refractivity contribution in [3.05, 3.63) is 135 Å². The predicted molar refractivity (Wildman–Crippen MR) is 443 cm³/mol. The molecule has 0 spiro atoms. The van der Waals surface area contributed by atoms with Crippen molar-refractivity contribution >= 4 is 47.2 Å². The third-order valence-electron chi connectivity index (χ3n) is 15.2. The van der Waals surface area contributed by atoms with Crippen molar-refractivity contribution in [2.45, 2.75) is 291 Å². The molecule has 0 bridgehead atoms. The number of nitrogens with two attached hydrogens (primary N) is 3. The van der Waals surface area contributed by atoms with Crippen LogP contribution in [0.25, 0.3) is 0 Å². The third-order valence-corrected chi connectivity index (χ3v) is 15.3. The van der Waals surface area contributed by atoms with Gasteiger partial charge in [-0.25, -0.2) is 23.2 Å². The van der Waals surface area contributed by atoms with E-state index in [0.29, 0.717) is 43.7 Å². The van der Waals surface area contributed by atoms with Gasteiger partial charge in [-0.1, -0.05) is 170 Å². The molecule has 1 unspecified atom stereocenters. The zero-order valence-corrected chi connectivity index (χ0v) is 70.9. The Hall–Kier alpha value is -6.90. The summed E-state index contributed by atoms with van der Waals surface area (Å²) in [4.78, 5) is 86.8. The summed E-state index contributed by atoms with van der Waals surface area (Å²) >= 11 is 4.97. The van der Waals surface area contributed by atoms with Gasteiger partial charge in [-0.05, 0) is 162 Å². The van der Waals surface area contributed by atoms with Crippen molar-refractivity contribution < 1.29 is 61.6 Å². The number of aromatic nitrogens is 1. The van der Waals surface area contributed by atoms with Gasteiger partial charge in [0.15, 0.2) is 17.2 Å². The topological polar surface area (TPSA) is 314 Å². The number of hydrogen-bond acceptors (Lipinski definition) is 18. The number of aldehydes is 1. The molecule has 25 heteroatoms. The van der Waals surface area contributed by atoms with Crippen LogP contribution in [-0.4, -0.2) is 155 Å². The van der Waals surface area contributed by atoms with Crippen molar-refractivity contribution in [1.82, 2.24) is 35.6 Å². The van der Waals surface area contributed by atoms with Gasteiger partial charge in [0, 0.05) is 106 Å². The maximum Gasteiger partial charge on any atom is 0.407 e. The number of aliphatic hydroxyl groups is 1. The standard InChI is InChI=1S/C31H33F2N3O4.C10H21NO2.C9H21N.C8H7ClO2.C8H18N2O2.C7H18N2.C5H13N.C4H8O.CH4O.CH4/c1-19(2)14-35-20(3)15-36-27(35)17-34-16-24(26(37)12-10-22-9-11-23(32)13-25(22)33)29(38)30(28(34)31(36)39)40-18-21-7-5-4-6-8-21;1-6-7-8(2)11-9(12)13-10(3,4)5;1-5-6-9(4)10-7-8(2)3;9-8(10)11-6-7-4-2-1-3-5-7;1-6(5-9)10-7(11)12-8(2,3)4;1-6(2)5-9-7(3)4-8;1-3-4-5(2)6;1-4(2)3-5;1-2;/h4-9,11,13,16,19-20,27H,10,12,14-15,17-18H2,1-3H3;8H,6-7H2,1-5H3,(H,11,12);8-10H,5-7H2,1-4H3;1-5H,6H2;6H,5,9H2,1-4H3,(H,10,11);6-7,9H,4-5,8H2,1-3H3;5H,3-4,6H2,1-2H3;3-4H,1-2H3;2H,1H3;1H4/t20-,27?;8-;9-;;6-;7-;5-;;;/m000.000.../s1. The van der Waals surface area contributed by atoms with Gasteiger partial charge >= 0.3 is 17.6 Å². The first-order chi connectivity index (χ1) is 50.5. The molecular weight excluding hydrogens is 1410 g/mol. The number of pyridine rings is 1. The first-order valence-corrected chi connectivity index (χ1v) is 38.7. The Balaban J connectivity index is -0.000000659. The van der Waals surface area contributed by atoms with E-state index >= 15 is 0 Å². The van der Waals surface area contributed by atoms with Crippen LogP contribution < -0.4 is 48.6 Å². The molecule has 109 heavy (non-hydrogen) atoms. The van der Waals surface area contributed by atoms with E-state index in [1.54, 1.807) is 9.47 Å². The molecule has 2 aliphatic heterocycles. The fraction of sp³-hybridized carbons (Fsp3) is 0.655. The molecule has 0 aliphatic carbocycles. The van der Waals surface area contributed by atoms with Crippen LogP contribution in [0.3, 0.4) is 0 Å². The van der Waals surface area contributed by atoms with Crippen LogP contribution in [0, 0.1) is 35.3 Å². The summed E-state index contributed by atoms with van der Waals surface area (Å²) in [5.41, 5.74) is 15.8. The van der Waals surface area contributed by atoms with Crippen molar-refractivity contribution in [1.29, 1.82) is 0 Å². The zero-order valence-electron chi connectivity index (χ0n) is 70.2. The Morgan fingerprint density at radius 1 is 0.661 bits per heavy atom. The maximum atomic E-state index is 14.2. The van der Waals surface area contributed by atoms with Crippen LogP contribution in [0.2, 0.25) is 0 Å². The summed E-state index contributed by atoms with van der Waals surface area (Å²) in [6.45, 7) is 52.0. The quantitative estimate of drug-likeness (QED) is 0.0113. The second kappa shape index (κ2) is 60.8. The number of halogens is 3. The lowest BCUT2D eigenvalue weighted by atomic mass is 10.0. The molecule has 0 radical (unpaired) electrons. The summed E-state index contributed by atoms with van der Waals surface area (Å²) < 4.78 is 49.8. The Kier molecular flexibility index (Phi) is 60.5. The number of ketones is 1.